The van der Waals surface area contributed by atoms with E-state index in [1.807, 2.05) is 0 Å². The SMILES string of the molecule is Cc1ccc2c(c1)c1cc(-c3cc(C)cc4c5ccccc5c5ccccc5c34)ccc1c1nccnc21. The van der Waals surface area contributed by atoms with E-state index < -0.39 is 0 Å². The maximum absolute atomic E-state index is 4.76. The zero-order chi connectivity index (χ0) is 25.4. The molecule has 0 fully saturated rings. The minimum atomic E-state index is 0.955. The summed E-state index contributed by atoms with van der Waals surface area (Å²) in [6.07, 6.45) is 3.58. The first-order valence-electron chi connectivity index (χ1n) is 13.1. The van der Waals surface area contributed by atoms with E-state index >= 15 is 0 Å². The number of hydrogen-bond acceptors (Lipinski definition) is 2. The predicted octanol–water partition coefficient (Wildman–Crippen LogP) is 9.68. The Morgan fingerprint density at radius 2 is 0.974 bits per heavy atom. The lowest BCUT2D eigenvalue weighted by Crippen LogP contribution is -1.91. The van der Waals surface area contributed by atoms with Crippen molar-refractivity contribution < 1.29 is 0 Å². The van der Waals surface area contributed by atoms with Crippen molar-refractivity contribution in [3.05, 3.63) is 121 Å². The molecule has 0 spiro atoms. The molecule has 0 atom stereocenters. The summed E-state index contributed by atoms with van der Waals surface area (Å²) in [5.41, 5.74) is 6.91. The molecular formula is C36H24N2. The van der Waals surface area contributed by atoms with Crippen molar-refractivity contribution in [1.29, 1.82) is 0 Å². The number of hydrogen-bond donors (Lipinski definition) is 0. The van der Waals surface area contributed by atoms with Crippen molar-refractivity contribution >= 4 is 64.9 Å². The van der Waals surface area contributed by atoms with Crippen LogP contribution in [-0.2, 0) is 0 Å². The predicted molar refractivity (Wildman–Crippen MR) is 162 cm³/mol. The molecule has 0 aliphatic carbocycles. The van der Waals surface area contributed by atoms with E-state index in [-0.39, 0.29) is 0 Å². The standard InChI is InChI=1S/C36H24N2/c1-21-11-13-28-31(17-21)32-20-23(12-14-29(32)36-35(28)37-15-16-38-36)30-18-22(2)19-33-26-9-4-3-7-24(26)25-8-5-6-10-27(25)34(30)33/h3-20H,1-2H3. The Hall–Kier alpha value is -4.82. The largest absolute Gasteiger partial charge is 0.252 e. The fraction of sp³-hybridized carbons (Fsp3) is 0.0556. The van der Waals surface area contributed by atoms with Crippen molar-refractivity contribution in [2.24, 2.45) is 0 Å². The fourth-order valence-electron chi connectivity index (χ4n) is 6.37. The molecule has 8 rings (SSSR count). The highest BCUT2D eigenvalue weighted by Gasteiger charge is 2.16. The van der Waals surface area contributed by atoms with E-state index in [9.17, 15) is 0 Å². The third-order valence-corrected chi connectivity index (χ3v) is 7.99. The Morgan fingerprint density at radius 3 is 1.68 bits per heavy atom. The summed E-state index contributed by atoms with van der Waals surface area (Å²) in [6, 6.07) is 35.8. The third-order valence-electron chi connectivity index (χ3n) is 7.99. The molecule has 1 heterocycles. The van der Waals surface area contributed by atoms with Gasteiger partial charge in [-0.25, -0.2) is 0 Å². The number of rotatable bonds is 1. The van der Waals surface area contributed by atoms with Crippen LogP contribution in [0.2, 0.25) is 0 Å². The van der Waals surface area contributed by atoms with Crippen molar-refractivity contribution in [1.82, 2.24) is 9.97 Å². The van der Waals surface area contributed by atoms with E-state index in [0.29, 0.717) is 0 Å². The number of nitrogens with zero attached hydrogens (tertiary/aromatic N) is 2. The molecule has 2 nitrogen and oxygen atoms in total. The summed E-state index contributed by atoms with van der Waals surface area (Å²) in [5.74, 6) is 0. The molecule has 0 unspecified atom stereocenters. The summed E-state index contributed by atoms with van der Waals surface area (Å²) < 4.78 is 0. The Kier molecular flexibility index (Phi) is 4.39. The minimum Gasteiger partial charge on any atom is -0.252 e. The first-order valence-corrected chi connectivity index (χ1v) is 13.1. The van der Waals surface area contributed by atoms with Crippen molar-refractivity contribution in [3.8, 4) is 11.1 Å². The third kappa shape index (κ3) is 2.95. The van der Waals surface area contributed by atoms with Crippen molar-refractivity contribution in [2.75, 3.05) is 0 Å². The van der Waals surface area contributed by atoms with Gasteiger partial charge in [-0.3, -0.25) is 9.97 Å². The molecular weight excluding hydrogens is 460 g/mol. The van der Waals surface area contributed by atoms with Crippen molar-refractivity contribution in [2.45, 2.75) is 13.8 Å². The molecule has 0 saturated carbocycles. The van der Waals surface area contributed by atoms with Gasteiger partial charge in [-0.05, 0) is 79.7 Å². The molecule has 0 aliphatic rings. The van der Waals surface area contributed by atoms with E-state index in [0.717, 1.165) is 21.8 Å². The quantitative estimate of drug-likeness (QED) is 0.217. The van der Waals surface area contributed by atoms with Crippen LogP contribution in [0.1, 0.15) is 11.1 Å². The molecule has 7 aromatic carbocycles. The topological polar surface area (TPSA) is 25.8 Å². The number of benzene rings is 7. The van der Waals surface area contributed by atoms with E-state index in [1.54, 1.807) is 12.4 Å². The normalized spacial score (nSPS) is 11.9. The fourth-order valence-corrected chi connectivity index (χ4v) is 6.37. The molecule has 0 bridgehead atoms. The lowest BCUT2D eigenvalue weighted by Gasteiger charge is -2.16. The zero-order valence-corrected chi connectivity index (χ0v) is 21.3. The van der Waals surface area contributed by atoms with Gasteiger partial charge in [-0.15, -0.1) is 0 Å². The van der Waals surface area contributed by atoms with Crippen LogP contribution in [0.15, 0.2) is 109 Å². The molecule has 8 aromatic rings. The summed E-state index contributed by atoms with van der Waals surface area (Å²) in [4.78, 5) is 9.48. The second-order valence-electron chi connectivity index (χ2n) is 10.4. The first-order chi connectivity index (χ1) is 18.7. The van der Waals surface area contributed by atoms with Crippen LogP contribution in [-0.4, -0.2) is 9.97 Å². The molecule has 0 aliphatic heterocycles. The number of fused-ring (bicyclic) bond motifs is 12. The van der Waals surface area contributed by atoms with Crippen LogP contribution in [0.3, 0.4) is 0 Å². The highest BCUT2D eigenvalue weighted by atomic mass is 14.8. The zero-order valence-electron chi connectivity index (χ0n) is 21.3. The van der Waals surface area contributed by atoms with Crippen LogP contribution >= 0.6 is 0 Å². The van der Waals surface area contributed by atoms with Gasteiger partial charge < -0.3 is 0 Å². The highest BCUT2D eigenvalue weighted by molar-refractivity contribution is 6.29. The van der Waals surface area contributed by atoms with Crippen LogP contribution in [0.5, 0.6) is 0 Å². The average molecular weight is 485 g/mol. The highest BCUT2D eigenvalue weighted by Crippen LogP contribution is 2.42. The van der Waals surface area contributed by atoms with Gasteiger partial charge in [-0.1, -0.05) is 96.6 Å². The van der Waals surface area contributed by atoms with E-state index in [1.165, 1.54) is 65.3 Å². The maximum atomic E-state index is 4.76. The average Bonchev–Trinajstić information content (AvgIpc) is 2.96. The monoisotopic (exact) mass is 484 g/mol. The van der Waals surface area contributed by atoms with Gasteiger partial charge in [0.05, 0.1) is 11.0 Å². The van der Waals surface area contributed by atoms with Gasteiger partial charge in [0, 0.05) is 23.2 Å². The molecule has 0 saturated heterocycles. The Balaban J connectivity index is 1.56. The Morgan fingerprint density at radius 1 is 0.421 bits per heavy atom. The lowest BCUT2D eigenvalue weighted by atomic mass is 9.87. The Labute approximate surface area is 220 Å². The van der Waals surface area contributed by atoms with Gasteiger partial charge in [0.25, 0.3) is 0 Å². The van der Waals surface area contributed by atoms with Crippen LogP contribution in [0.25, 0.3) is 76.0 Å². The summed E-state index contributed by atoms with van der Waals surface area (Å²) in [5, 5.41) is 12.5. The molecule has 0 amide bonds. The second-order valence-corrected chi connectivity index (χ2v) is 10.4. The first kappa shape index (κ1) is 21.3. The summed E-state index contributed by atoms with van der Waals surface area (Å²) >= 11 is 0. The Bertz CT molecular complexity index is 2260. The molecule has 178 valence electrons. The second kappa shape index (κ2) is 7.84. The molecule has 1 aromatic heterocycles. The number of aryl methyl sites for hydroxylation is 2. The van der Waals surface area contributed by atoms with Crippen LogP contribution < -0.4 is 0 Å². The van der Waals surface area contributed by atoms with E-state index in [2.05, 4.69) is 111 Å². The molecule has 2 heteroatoms. The lowest BCUT2D eigenvalue weighted by molar-refractivity contribution is 1.31. The summed E-state index contributed by atoms with van der Waals surface area (Å²) in [7, 11) is 0. The summed E-state index contributed by atoms with van der Waals surface area (Å²) in [6.45, 7) is 4.36. The van der Waals surface area contributed by atoms with Gasteiger partial charge >= 0.3 is 0 Å². The van der Waals surface area contributed by atoms with Crippen LogP contribution in [0.4, 0.5) is 0 Å². The smallest absolute Gasteiger partial charge is 0.0971 e. The van der Waals surface area contributed by atoms with Crippen LogP contribution in [0, 0.1) is 13.8 Å². The van der Waals surface area contributed by atoms with Gasteiger partial charge in [0.1, 0.15) is 0 Å². The van der Waals surface area contributed by atoms with Gasteiger partial charge in [0.2, 0.25) is 0 Å². The van der Waals surface area contributed by atoms with Crippen molar-refractivity contribution in [3.63, 3.8) is 0 Å². The molecule has 0 radical (unpaired) electrons. The minimum absolute atomic E-state index is 0.955. The maximum Gasteiger partial charge on any atom is 0.0971 e. The number of aromatic nitrogens is 2. The molecule has 38 heavy (non-hydrogen) atoms. The van der Waals surface area contributed by atoms with Gasteiger partial charge in [0.15, 0.2) is 0 Å². The molecule has 0 N–H and O–H groups in total. The van der Waals surface area contributed by atoms with E-state index in [4.69, 9.17) is 9.97 Å². The van der Waals surface area contributed by atoms with Gasteiger partial charge in [-0.2, -0.15) is 0 Å².